The number of hydrogen-bond acceptors (Lipinski definition) is 6. The average Bonchev–Trinajstić information content (AvgIpc) is 3.76. The van der Waals surface area contributed by atoms with Gasteiger partial charge in [-0.25, -0.2) is 18.4 Å². The Bertz CT molecular complexity index is 1530. The summed E-state index contributed by atoms with van der Waals surface area (Å²) in [6.45, 7) is 4.12. The molecule has 1 saturated heterocycles. The molecule has 1 aromatic heterocycles. The van der Waals surface area contributed by atoms with E-state index in [2.05, 4.69) is 10.6 Å². The van der Waals surface area contributed by atoms with Crippen LogP contribution in [-0.2, 0) is 24.8 Å². The molecule has 3 fully saturated rings. The second kappa shape index (κ2) is 13.7. The van der Waals surface area contributed by atoms with Crippen molar-refractivity contribution in [1.82, 2.24) is 14.8 Å². The summed E-state index contributed by atoms with van der Waals surface area (Å²) in [6, 6.07) is 5.90. The normalized spacial score (nSPS) is 25.9. The van der Waals surface area contributed by atoms with Gasteiger partial charge in [-0.15, -0.1) is 0 Å². The van der Waals surface area contributed by atoms with E-state index in [0.717, 1.165) is 44.9 Å². The molecular formula is C36H48F2N4O6. The number of nitrogens with one attached hydrogen (secondary N) is 2. The second-order valence-corrected chi connectivity index (χ2v) is 15.2. The highest BCUT2D eigenvalue weighted by Gasteiger charge is 2.48. The molecule has 48 heavy (non-hydrogen) atoms. The highest BCUT2D eigenvalue weighted by molar-refractivity contribution is 6.02. The molecule has 3 heterocycles. The summed E-state index contributed by atoms with van der Waals surface area (Å²) in [5.74, 6) is -0.473. The maximum Gasteiger partial charge on any atom is 0.407 e. The van der Waals surface area contributed by atoms with Gasteiger partial charge in [-0.05, 0) is 94.9 Å². The number of hydrogen-bond donors (Lipinski definition) is 2. The molecule has 0 spiro atoms. The van der Waals surface area contributed by atoms with Gasteiger partial charge in [-0.1, -0.05) is 32.1 Å². The number of anilines is 1. The number of likely N-dealkylation sites (tertiary alicyclic amines) is 1. The van der Waals surface area contributed by atoms with Crippen LogP contribution >= 0.6 is 0 Å². The highest BCUT2D eigenvalue weighted by Crippen LogP contribution is 2.42. The average molecular weight is 671 g/mol. The fraction of sp³-hybridized carbons (Fsp3) is 0.667. The summed E-state index contributed by atoms with van der Waals surface area (Å²) >= 11 is 0. The van der Waals surface area contributed by atoms with Crippen LogP contribution in [0.15, 0.2) is 24.3 Å². The first-order valence-corrected chi connectivity index (χ1v) is 17.5. The Morgan fingerprint density at radius 1 is 0.979 bits per heavy atom. The maximum absolute atomic E-state index is 14.2. The van der Waals surface area contributed by atoms with Crippen molar-refractivity contribution in [1.29, 1.82) is 0 Å². The number of nitrogens with zero attached hydrogens (tertiary/aromatic N) is 2. The minimum Gasteiger partial charge on any atom is -0.444 e. The van der Waals surface area contributed by atoms with Crippen molar-refractivity contribution in [3.05, 3.63) is 30.0 Å². The van der Waals surface area contributed by atoms with Crippen LogP contribution in [0, 0.1) is 23.7 Å². The van der Waals surface area contributed by atoms with Crippen LogP contribution in [0.2, 0.25) is 0 Å². The first-order chi connectivity index (χ1) is 22.9. The van der Waals surface area contributed by atoms with Crippen molar-refractivity contribution in [2.75, 3.05) is 31.8 Å². The van der Waals surface area contributed by atoms with Crippen molar-refractivity contribution in [3.8, 4) is 0 Å². The van der Waals surface area contributed by atoms with E-state index in [-0.39, 0.29) is 35.3 Å². The van der Waals surface area contributed by atoms with Gasteiger partial charge in [0.1, 0.15) is 17.3 Å². The number of carbonyl (C=O) groups excluding carboxylic acids is 4. The number of carbonyl (C=O) groups is 4. The largest absolute Gasteiger partial charge is 0.444 e. The Hall–Kier alpha value is -3.70. The van der Waals surface area contributed by atoms with Gasteiger partial charge in [0.25, 0.3) is 0 Å². The minimum absolute atomic E-state index is 0.0265. The van der Waals surface area contributed by atoms with Crippen molar-refractivity contribution in [3.63, 3.8) is 0 Å². The Kier molecular flexibility index (Phi) is 9.73. The lowest BCUT2D eigenvalue weighted by molar-refractivity contribution is -0.142. The third kappa shape index (κ3) is 6.76. The molecule has 2 aromatic rings. The van der Waals surface area contributed by atoms with E-state index in [0.29, 0.717) is 48.4 Å². The number of amides is 3. The molecule has 2 N–H and O–H groups in total. The molecule has 3 amide bonds. The van der Waals surface area contributed by atoms with Crippen LogP contribution in [0.1, 0.15) is 95.5 Å². The number of rotatable bonds is 8. The quantitative estimate of drug-likeness (QED) is 0.311. The summed E-state index contributed by atoms with van der Waals surface area (Å²) in [4.78, 5) is 54.6. The van der Waals surface area contributed by atoms with Gasteiger partial charge in [-0.2, -0.15) is 0 Å². The van der Waals surface area contributed by atoms with E-state index in [1.807, 2.05) is 25.7 Å². The fourth-order valence-electron chi connectivity index (χ4n) is 8.42. The number of aromatic nitrogens is 1. The molecule has 2 atom stereocenters. The molecule has 1 aromatic carbocycles. The lowest BCUT2D eigenvalue weighted by Crippen LogP contribution is -2.49. The van der Waals surface area contributed by atoms with Crippen LogP contribution in [0.3, 0.4) is 0 Å². The van der Waals surface area contributed by atoms with Crippen LogP contribution < -0.4 is 10.6 Å². The lowest BCUT2D eigenvalue weighted by atomic mass is 9.76. The second-order valence-electron chi connectivity index (χ2n) is 15.2. The van der Waals surface area contributed by atoms with E-state index in [4.69, 9.17) is 9.47 Å². The lowest BCUT2D eigenvalue weighted by Gasteiger charge is -2.36. The first-order valence-electron chi connectivity index (χ1n) is 17.5. The van der Waals surface area contributed by atoms with E-state index >= 15 is 0 Å². The third-order valence-corrected chi connectivity index (χ3v) is 10.8. The molecular weight excluding hydrogens is 622 g/mol. The van der Waals surface area contributed by atoms with Crippen molar-refractivity contribution in [2.24, 2.45) is 23.7 Å². The molecule has 4 aliphatic rings. The monoisotopic (exact) mass is 670 g/mol. The minimum atomic E-state index is -2.02. The van der Waals surface area contributed by atoms with Gasteiger partial charge in [0.05, 0.1) is 5.52 Å². The molecule has 6 rings (SSSR count). The molecule has 2 aliphatic heterocycles. The predicted octanol–water partition coefficient (Wildman–Crippen LogP) is 6.47. The summed E-state index contributed by atoms with van der Waals surface area (Å²) < 4.78 is 39.6. The van der Waals surface area contributed by atoms with Crippen molar-refractivity contribution in [2.45, 2.75) is 102 Å². The Morgan fingerprint density at radius 2 is 1.69 bits per heavy atom. The van der Waals surface area contributed by atoms with Gasteiger partial charge in [0.2, 0.25) is 17.5 Å². The molecule has 0 radical (unpaired) electrons. The molecule has 2 saturated carbocycles. The van der Waals surface area contributed by atoms with Crippen molar-refractivity contribution >= 4 is 40.5 Å². The number of ether oxygens (including phenoxy) is 2. The third-order valence-electron chi connectivity index (χ3n) is 10.8. The van der Waals surface area contributed by atoms with Gasteiger partial charge in [0, 0.05) is 30.1 Å². The molecule has 0 unspecified atom stereocenters. The Balaban J connectivity index is 1.15. The van der Waals surface area contributed by atoms with Crippen LogP contribution in [0.5, 0.6) is 0 Å². The first kappa shape index (κ1) is 34.2. The SMILES string of the molecule is CC(C)(C)OC(=O)NCC1CCC(C(=O)N2CC[C@@H](C3CCCCC3)[C@H]2C(=O)Nc2ccc3c(c2)cc2n3C(CF)(CF)OC2=O)CC1. The van der Waals surface area contributed by atoms with E-state index < -0.39 is 42.8 Å². The summed E-state index contributed by atoms with van der Waals surface area (Å²) in [6.07, 6.45) is 8.92. The van der Waals surface area contributed by atoms with Crippen LogP contribution in [-0.4, -0.2) is 71.4 Å². The predicted molar refractivity (Wildman–Crippen MR) is 176 cm³/mol. The number of cyclic esters (lactones) is 1. The van der Waals surface area contributed by atoms with Gasteiger partial charge in [0.15, 0.2) is 13.3 Å². The molecule has 10 nitrogen and oxygen atoms in total. The number of alkyl halides is 2. The number of esters is 1. The smallest absolute Gasteiger partial charge is 0.407 e. The van der Waals surface area contributed by atoms with Crippen LogP contribution in [0.4, 0.5) is 19.3 Å². The van der Waals surface area contributed by atoms with Crippen molar-refractivity contribution < 1.29 is 37.4 Å². The molecule has 12 heteroatoms. The molecule has 2 aliphatic carbocycles. The van der Waals surface area contributed by atoms with Gasteiger partial charge >= 0.3 is 12.1 Å². The Labute approximate surface area is 280 Å². The zero-order valence-electron chi connectivity index (χ0n) is 28.2. The van der Waals surface area contributed by atoms with Gasteiger partial charge in [-0.3, -0.25) is 14.2 Å². The summed E-state index contributed by atoms with van der Waals surface area (Å²) in [5.41, 5.74) is -1.61. The topological polar surface area (TPSA) is 119 Å². The highest BCUT2D eigenvalue weighted by atomic mass is 19.1. The Morgan fingerprint density at radius 3 is 2.35 bits per heavy atom. The van der Waals surface area contributed by atoms with E-state index in [9.17, 15) is 28.0 Å². The van der Waals surface area contributed by atoms with E-state index in [1.54, 1.807) is 18.2 Å². The number of fused-ring (bicyclic) bond motifs is 3. The zero-order chi connectivity index (χ0) is 34.2. The molecule has 0 bridgehead atoms. The fourth-order valence-corrected chi connectivity index (χ4v) is 8.42. The zero-order valence-corrected chi connectivity index (χ0v) is 28.2. The van der Waals surface area contributed by atoms with Crippen LogP contribution in [0.25, 0.3) is 10.9 Å². The summed E-state index contributed by atoms with van der Waals surface area (Å²) in [7, 11) is 0. The maximum atomic E-state index is 14.2. The summed E-state index contributed by atoms with van der Waals surface area (Å²) in [5, 5.41) is 6.46. The van der Waals surface area contributed by atoms with Gasteiger partial charge < -0.3 is 25.0 Å². The number of halogens is 2. The van der Waals surface area contributed by atoms with E-state index in [1.165, 1.54) is 17.1 Å². The molecule has 262 valence electrons. The number of alkyl carbamates (subject to hydrolysis) is 1. The standard InChI is InChI=1S/C36H48F2N4O6/c1-35(2,3)48-34(46)39-19-22-9-11-24(12-10-22)32(44)41-16-15-27(23-7-5-4-6-8-23)30(41)31(43)40-26-13-14-28-25(17-26)18-29-33(45)47-36(20-37,21-38)42(28)29/h13-14,17-18,22-24,27,30H,4-12,15-16,19-21H2,1-3H3,(H,39,46)(H,40,43)/t22?,24?,27-,30-/m0/s1. The number of benzene rings is 1.